The Labute approximate surface area is 131 Å². The van der Waals surface area contributed by atoms with Gasteiger partial charge in [0.2, 0.25) is 0 Å². The number of hydrogen-bond donors (Lipinski definition) is 1. The van der Waals surface area contributed by atoms with Crippen LogP contribution in [-0.4, -0.2) is 53.3 Å². The molecule has 1 fully saturated rings. The van der Waals surface area contributed by atoms with Crippen LogP contribution in [0.15, 0.2) is 12.4 Å². The first-order valence-corrected chi connectivity index (χ1v) is 8.33. The zero-order valence-corrected chi connectivity index (χ0v) is 13.3. The van der Waals surface area contributed by atoms with E-state index in [1.54, 1.807) is 4.90 Å². The van der Waals surface area contributed by atoms with E-state index in [1.807, 2.05) is 19.4 Å². The summed E-state index contributed by atoms with van der Waals surface area (Å²) in [6, 6.07) is 0.00286. The summed E-state index contributed by atoms with van der Waals surface area (Å²) in [5, 5.41) is 3.00. The zero-order chi connectivity index (χ0) is 15.4. The number of carbonyl (C=O) groups is 1. The van der Waals surface area contributed by atoms with Gasteiger partial charge in [0.15, 0.2) is 0 Å². The number of carbonyl (C=O) groups excluding carboxylic acids is 1. The fraction of sp³-hybridized carbons (Fsp3) is 0.750. The highest BCUT2D eigenvalue weighted by atomic mass is 16.5. The number of fused-ring (bicyclic) bond motifs is 1. The van der Waals surface area contributed by atoms with Crippen LogP contribution in [0.1, 0.15) is 31.5 Å². The van der Waals surface area contributed by atoms with Crippen LogP contribution in [0.4, 0.5) is 4.79 Å². The molecule has 1 aromatic heterocycles. The van der Waals surface area contributed by atoms with Crippen molar-refractivity contribution in [3.63, 3.8) is 0 Å². The molecule has 2 amide bonds. The maximum atomic E-state index is 12.2. The van der Waals surface area contributed by atoms with Gasteiger partial charge in [-0.2, -0.15) is 0 Å². The molecule has 1 aromatic rings. The van der Waals surface area contributed by atoms with Crippen molar-refractivity contribution in [1.29, 1.82) is 0 Å². The van der Waals surface area contributed by atoms with Crippen LogP contribution >= 0.6 is 0 Å². The van der Waals surface area contributed by atoms with Crippen LogP contribution in [0.2, 0.25) is 0 Å². The fourth-order valence-corrected chi connectivity index (χ4v) is 3.35. The number of ether oxygens (including phenoxy) is 1. The Morgan fingerprint density at radius 1 is 1.50 bits per heavy atom. The third-order valence-corrected chi connectivity index (χ3v) is 4.68. The van der Waals surface area contributed by atoms with E-state index in [9.17, 15) is 4.79 Å². The quantitative estimate of drug-likeness (QED) is 0.920. The van der Waals surface area contributed by atoms with Crippen LogP contribution in [-0.2, 0) is 17.7 Å². The van der Waals surface area contributed by atoms with Crippen molar-refractivity contribution in [3.8, 4) is 0 Å². The summed E-state index contributed by atoms with van der Waals surface area (Å²) in [6.07, 6.45) is 9.53. The van der Waals surface area contributed by atoms with E-state index in [0.29, 0.717) is 12.5 Å². The average molecular weight is 306 g/mol. The molecule has 2 aliphatic heterocycles. The largest absolute Gasteiger partial charge is 0.376 e. The number of imidazole rings is 1. The van der Waals surface area contributed by atoms with Crippen molar-refractivity contribution in [2.24, 2.45) is 5.92 Å². The molecule has 0 bridgehead atoms. The smallest absolute Gasteiger partial charge is 0.317 e. The molecule has 3 rings (SSSR count). The molecule has 1 saturated heterocycles. The summed E-state index contributed by atoms with van der Waals surface area (Å²) in [7, 11) is 1.87. The molecular weight excluding hydrogens is 280 g/mol. The summed E-state index contributed by atoms with van der Waals surface area (Å²) in [4.78, 5) is 18.4. The standard InChI is InChI=1S/C16H26N4O2/c1-19(16(21)18-11-14-4-2-3-9-22-14)12-13-5-7-20-8-6-17-15(20)10-13/h6,8,13-14H,2-5,7,9-12H2,1H3,(H,18,21)/t13-,14-/m1/s1. The van der Waals surface area contributed by atoms with Crippen LogP contribution in [0, 0.1) is 5.92 Å². The van der Waals surface area contributed by atoms with Gasteiger partial charge in [-0.1, -0.05) is 0 Å². The van der Waals surface area contributed by atoms with Crippen LogP contribution in [0.5, 0.6) is 0 Å². The zero-order valence-electron chi connectivity index (χ0n) is 13.3. The minimum Gasteiger partial charge on any atom is -0.376 e. The van der Waals surface area contributed by atoms with Gasteiger partial charge in [-0.15, -0.1) is 0 Å². The molecule has 0 unspecified atom stereocenters. The third-order valence-electron chi connectivity index (χ3n) is 4.68. The Morgan fingerprint density at radius 2 is 2.41 bits per heavy atom. The van der Waals surface area contributed by atoms with Crippen molar-refractivity contribution >= 4 is 6.03 Å². The van der Waals surface area contributed by atoms with Crippen molar-refractivity contribution in [1.82, 2.24) is 19.8 Å². The monoisotopic (exact) mass is 306 g/mol. The molecule has 22 heavy (non-hydrogen) atoms. The number of amides is 2. The van der Waals surface area contributed by atoms with Crippen molar-refractivity contribution in [2.75, 3.05) is 26.7 Å². The summed E-state index contributed by atoms with van der Waals surface area (Å²) in [6.45, 7) is 3.24. The molecule has 6 nitrogen and oxygen atoms in total. The molecule has 0 saturated carbocycles. The SMILES string of the molecule is CN(C[C@@H]1CCn2ccnc2C1)C(=O)NC[C@H]1CCCCO1. The lowest BCUT2D eigenvalue weighted by Gasteiger charge is -2.29. The summed E-state index contributed by atoms with van der Waals surface area (Å²) >= 11 is 0. The van der Waals surface area contributed by atoms with Gasteiger partial charge in [-0.05, 0) is 31.6 Å². The normalized spacial score (nSPS) is 24.6. The lowest BCUT2D eigenvalue weighted by atomic mass is 9.97. The highest BCUT2D eigenvalue weighted by molar-refractivity contribution is 5.73. The van der Waals surface area contributed by atoms with Crippen molar-refractivity contribution < 1.29 is 9.53 Å². The average Bonchev–Trinajstić information content (AvgIpc) is 3.01. The number of aryl methyl sites for hydroxylation is 1. The van der Waals surface area contributed by atoms with E-state index in [-0.39, 0.29) is 12.1 Å². The molecule has 6 heteroatoms. The fourth-order valence-electron chi connectivity index (χ4n) is 3.35. The molecular formula is C16H26N4O2. The van der Waals surface area contributed by atoms with E-state index >= 15 is 0 Å². The summed E-state index contributed by atoms with van der Waals surface area (Å²) in [5.74, 6) is 1.64. The highest BCUT2D eigenvalue weighted by Gasteiger charge is 2.22. The Hall–Kier alpha value is -1.56. The highest BCUT2D eigenvalue weighted by Crippen LogP contribution is 2.19. The lowest BCUT2D eigenvalue weighted by Crippen LogP contribution is -2.44. The third kappa shape index (κ3) is 3.80. The van der Waals surface area contributed by atoms with Gasteiger partial charge >= 0.3 is 6.03 Å². The van der Waals surface area contributed by atoms with E-state index in [1.165, 1.54) is 6.42 Å². The van der Waals surface area contributed by atoms with Crippen LogP contribution < -0.4 is 5.32 Å². The molecule has 0 spiro atoms. The van der Waals surface area contributed by atoms with Gasteiger partial charge in [0.25, 0.3) is 0 Å². The van der Waals surface area contributed by atoms with Gasteiger partial charge in [-0.3, -0.25) is 0 Å². The second-order valence-electron chi connectivity index (χ2n) is 6.45. The Kier molecular flexibility index (Phi) is 4.97. The van der Waals surface area contributed by atoms with E-state index in [2.05, 4.69) is 14.9 Å². The Bertz CT molecular complexity index is 496. The van der Waals surface area contributed by atoms with Crippen molar-refractivity contribution in [2.45, 2.75) is 44.8 Å². The second kappa shape index (κ2) is 7.13. The Balaban J connectivity index is 1.41. The van der Waals surface area contributed by atoms with Gasteiger partial charge < -0.3 is 19.5 Å². The minimum atomic E-state index is 0.00286. The lowest BCUT2D eigenvalue weighted by molar-refractivity contribution is 0.0178. The predicted octanol–water partition coefficient (Wildman–Crippen LogP) is 1.66. The maximum absolute atomic E-state index is 12.2. The first-order chi connectivity index (χ1) is 10.7. The number of nitrogens with zero attached hydrogens (tertiary/aromatic N) is 3. The number of rotatable bonds is 4. The summed E-state index contributed by atoms with van der Waals surface area (Å²) < 4.78 is 7.85. The molecule has 3 heterocycles. The number of hydrogen-bond acceptors (Lipinski definition) is 3. The van der Waals surface area contributed by atoms with Crippen LogP contribution in [0.3, 0.4) is 0 Å². The molecule has 1 N–H and O–H groups in total. The first-order valence-electron chi connectivity index (χ1n) is 8.33. The van der Waals surface area contributed by atoms with Gasteiger partial charge in [0.1, 0.15) is 5.82 Å². The minimum absolute atomic E-state index is 0.00286. The van der Waals surface area contributed by atoms with Gasteiger partial charge in [-0.25, -0.2) is 9.78 Å². The van der Waals surface area contributed by atoms with Gasteiger partial charge in [0, 0.05) is 52.1 Å². The maximum Gasteiger partial charge on any atom is 0.317 e. The molecule has 2 atom stereocenters. The van der Waals surface area contributed by atoms with E-state index in [0.717, 1.165) is 51.2 Å². The molecule has 0 aromatic carbocycles. The van der Waals surface area contributed by atoms with Gasteiger partial charge in [0.05, 0.1) is 6.10 Å². The molecule has 0 aliphatic carbocycles. The molecule has 2 aliphatic rings. The van der Waals surface area contributed by atoms with E-state index in [4.69, 9.17) is 4.74 Å². The topological polar surface area (TPSA) is 59.4 Å². The molecule has 0 radical (unpaired) electrons. The Morgan fingerprint density at radius 3 is 3.23 bits per heavy atom. The van der Waals surface area contributed by atoms with Crippen molar-refractivity contribution in [3.05, 3.63) is 18.2 Å². The predicted molar refractivity (Wildman–Crippen MR) is 83.7 cm³/mol. The second-order valence-corrected chi connectivity index (χ2v) is 6.45. The first kappa shape index (κ1) is 15.3. The summed E-state index contributed by atoms with van der Waals surface area (Å²) in [5.41, 5.74) is 0. The number of aromatic nitrogens is 2. The number of nitrogens with one attached hydrogen (secondary N) is 1. The van der Waals surface area contributed by atoms with E-state index < -0.39 is 0 Å². The number of urea groups is 1. The molecule has 122 valence electrons. The van der Waals surface area contributed by atoms with Crippen LogP contribution in [0.25, 0.3) is 0 Å².